The summed E-state index contributed by atoms with van der Waals surface area (Å²) in [5.41, 5.74) is 2.88. The maximum absolute atomic E-state index is 5.94. The van der Waals surface area contributed by atoms with Crippen molar-refractivity contribution < 1.29 is 0 Å². The van der Waals surface area contributed by atoms with Crippen LogP contribution < -0.4 is 5.32 Å². The van der Waals surface area contributed by atoms with E-state index in [9.17, 15) is 0 Å². The molecular weight excluding hydrogens is 232 g/mol. The van der Waals surface area contributed by atoms with Crippen LogP contribution in [0.15, 0.2) is 12.1 Å². The van der Waals surface area contributed by atoms with Crippen LogP contribution in [0.25, 0.3) is 0 Å². The molecule has 0 fully saturated rings. The van der Waals surface area contributed by atoms with Gasteiger partial charge in [0.25, 0.3) is 0 Å². The molecule has 0 saturated carbocycles. The minimum Gasteiger partial charge on any atom is -0.309 e. The van der Waals surface area contributed by atoms with Gasteiger partial charge in [-0.3, -0.25) is 0 Å². The zero-order chi connectivity index (χ0) is 12.5. The number of nitrogens with zero attached hydrogens (tertiary/aromatic N) is 1. The molecule has 1 N–H and O–H groups in total. The Balaban J connectivity index is 1.98. The SMILES string of the molecule is CC(C)(C)CCC1Cc2nc(Cl)ccc2CN1. The molecule has 2 nitrogen and oxygen atoms in total. The Morgan fingerprint density at radius 1 is 1.41 bits per heavy atom. The molecule has 0 aromatic carbocycles. The van der Waals surface area contributed by atoms with Gasteiger partial charge in [-0.1, -0.05) is 38.4 Å². The van der Waals surface area contributed by atoms with E-state index in [0.717, 1.165) is 13.0 Å². The van der Waals surface area contributed by atoms with Crippen LogP contribution in [0.2, 0.25) is 5.15 Å². The van der Waals surface area contributed by atoms with Crippen molar-refractivity contribution in [3.05, 3.63) is 28.5 Å². The fraction of sp³-hybridized carbons (Fsp3) is 0.643. The molecule has 17 heavy (non-hydrogen) atoms. The molecule has 1 aromatic rings. The molecule has 0 saturated heterocycles. The van der Waals surface area contributed by atoms with Gasteiger partial charge in [0.2, 0.25) is 0 Å². The Hall–Kier alpha value is -0.600. The maximum atomic E-state index is 5.94. The summed E-state index contributed by atoms with van der Waals surface area (Å²) in [5, 5.41) is 4.20. The van der Waals surface area contributed by atoms with Crippen molar-refractivity contribution in [3.8, 4) is 0 Å². The summed E-state index contributed by atoms with van der Waals surface area (Å²) in [6.45, 7) is 7.80. The smallest absolute Gasteiger partial charge is 0.129 e. The van der Waals surface area contributed by atoms with Crippen molar-refractivity contribution in [1.29, 1.82) is 0 Å². The predicted molar refractivity (Wildman–Crippen MR) is 72.3 cm³/mol. The molecule has 2 rings (SSSR count). The van der Waals surface area contributed by atoms with Crippen LogP contribution in [0, 0.1) is 5.41 Å². The Bertz CT molecular complexity index is 396. The number of pyridine rings is 1. The van der Waals surface area contributed by atoms with Gasteiger partial charge in [0.05, 0.1) is 0 Å². The third-order valence-corrected chi connectivity index (χ3v) is 3.51. The molecule has 0 aliphatic carbocycles. The van der Waals surface area contributed by atoms with Gasteiger partial charge in [-0.05, 0) is 29.9 Å². The Morgan fingerprint density at radius 3 is 2.88 bits per heavy atom. The molecule has 1 atom stereocenters. The Morgan fingerprint density at radius 2 is 2.18 bits per heavy atom. The molecule has 1 aromatic heterocycles. The van der Waals surface area contributed by atoms with E-state index in [2.05, 4.69) is 37.1 Å². The highest BCUT2D eigenvalue weighted by Gasteiger charge is 2.21. The zero-order valence-electron chi connectivity index (χ0n) is 10.9. The van der Waals surface area contributed by atoms with E-state index in [4.69, 9.17) is 11.6 Å². The number of halogens is 1. The molecule has 94 valence electrons. The van der Waals surface area contributed by atoms with E-state index in [1.54, 1.807) is 0 Å². The largest absolute Gasteiger partial charge is 0.309 e. The average Bonchev–Trinajstić information content (AvgIpc) is 2.24. The minimum absolute atomic E-state index is 0.406. The molecule has 1 unspecified atom stereocenters. The lowest BCUT2D eigenvalue weighted by Crippen LogP contribution is -2.36. The third-order valence-electron chi connectivity index (χ3n) is 3.30. The van der Waals surface area contributed by atoms with Crippen molar-refractivity contribution in [2.24, 2.45) is 5.41 Å². The first-order valence-corrected chi connectivity index (χ1v) is 6.69. The molecule has 1 aliphatic heterocycles. The van der Waals surface area contributed by atoms with Crippen LogP contribution in [-0.2, 0) is 13.0 Å². The summed E-state index contributed by atoms with van der Waals surface area (Å²) in [6, 6.07) is 4.50. The monoisotopic (exact) mass is 252 g/mol. The molecular formula is C14H21ClN2. The van der Waals surface area contributed by atoms with Crippen LogP contribution in [0.5, 0.6) is 0 Å². The fourth-order valence-corrected chi connectivity index (χ4v) is 2.38. The quantitative estimate of drug-likeness (QED) is 0.814. The van der Waals surface area contributed by atoms with Crippen LogP contribution in [0.3, 0.4) is 0 Å². The lowest BCUT2D eigenvalue weighted by Gasteiger charge is -2.28. The standard InChI is InChI=1S/C14H21ClN2/c1-14(2,3)7-6-11-8-12-10(9-16-11)4-5-13(15)17-12/h4-5,11,16H,6-9H2,1-3H3. The summed E-state index contributed by atoms with van der Waals surface area (Å²) in [4.78, 5) is 4.43. The zero-order valence-corrected chi connectivity index (χ0v) is 11.6. The topological polar surface area (TPSA) is 24.9 Å². The number of hydrogen-bond donors (Lipinski definition) is 1. The summed E-state index contributed by atoms with van der Waals surface area (Å²) in [6.07, 6.45) is 3.45. The van der Waals surface area contributed by atoms with Crippen molar-refractivity contribution in [2.75, 3.05) is 0 Å². The van der Waals surface area contributed by atoms with Gasteiger partial charge in [-0.2, -0.15) is 0 Å². The second-order valence-electron chi connectivity index (χ2n) is 6.12. The van der Waals surface area contributed by atoms with Crippen molar-refractivity contribution in [2.45, 2.75) is 52.6 Å². The molecule has 0 spiro atoms. The van der Waals surface area contributed by atoms with E-state index in [1.807, 2.05) is 6.07 Å². The van der Waals surface area contributed by atoms with E-state index < -0.39 is 0 Å². The lowest BCUT2D eigenvalue weighted by atomic mass is 9.86. The van der Waals surface area contributed by atoms with E-state index >= 15 is 0 Å². The van der Waals surface area contributed by atoms with Gasteiger partial charge >= 0.3 is 0 Å². The highest BCUT2D eigenvalue weighted by atomic mass is 35.5. The summed E-state index contributed by atoms with van der Waals surface area (Å²) < 4.78 is 0. The number of rotatable bonds is 2. The first-order chi connectivity index (χ1) is 7.94. The lowest BCUT2D eigenvalue weighted by molar-refractivity contribution is 0.321. The number of nitrogens with one attached hydrogen (secondary N) is 1. The van der Waals surface area contributed by atoms with Crippen LogP contribution in [0.4, 0.5) is 0 Å². The van der Waals surface area contributed by atoms with E-state index in [-0.39, 0.29) is 0 Å². The van der Waals surface area contributed by atoms with Gasteiger partial charge < -0.3 is 5.32 Å². The molecule has 1 aliphatic rings. The number of fused-ring (bicyclic) bond motifs is 1. The van der Waals surface area contributed by atoms with Gasteiger partial charge in [0.1, 0.15) is 5.15 Å². The normalized spacial score (nSPS) is 20.1. The molecule has 0 amide bonds. The highest BCUT2D eigenvalue weighted by molar-refractivity contribution is 6.29. The first-order valence-electron chi connectivity index (χ1n) is 6.32. The summed E-state index contributed by atoms with van der Waals surface area (Å²) >= 11 is 5.94. The van der Waals surface area contributed by atoms with Crippen LogP contribution in [-0.4, -0.2) is 11.0 Å². The van der Waals surface area contributed by atoms with E-state index in [0.29, 0.717) is 16.6 Å². The second kappa shape index (κ2) is 4.95. The summed E-state index contributed by atoms with van der Waals surface area (Å²) in [5.74, 6) is 0. The highest BCUT2D eigenvalue weighted by Crippen LogP contribution is 2.25. The number of aromatic nitrogens is 1. The maximum Gasteiger partial charge on any atom is 0.129 e. The molecule has 2 heterocycles. The average molecular weight is 253 g/mol. The predicted octanol–water partition coefficient (Wildman–Crippen LogP) is 3.58. The van der Waals surface area contributed by atoms with E-state index in [1.165, 1.54) is 24.1 Å². The summed E-state index contributed by atoms with van der Waals surface area (Å²) in [7, 11) is 0. The van der Waals surface area contributed by atoms with Crippen LogP contribution in [0.1, 0.15) is 44.9 Å². The first kappa shape index (κ1) is 12.8. The van der Waals surface area contributed by atoms with Gasteiger partial charge in [-0.25, -0.2) is 4.98 Å². The molecule has 3 heteroatoms. The van der Waals surface area contributed by atoms with Gasteiger partial charge in [0.15, 0.2) is 0 Å². The number of hydrogen-bond acceptors (Lipinski definition) is 2. The van der Waals surface area contributed by atoms with Gasteiger partial charge in [-0.15, -0.1) is 0 Å². The van der Waals surface area contributed by atoms with Crippen molar-refractivity contribution >= 4 is 11.6 Å². The van der Waals surface area contributed by atoms with Gasteiger partial charge in [0, 0.05) is 24.7 Å². The van der Waals surface area contributed by atoms with Crippen molar-refractivity contribution in [1.82, 2.24) is 10.3 Å². The molecule has 0 radical (unpaired) electrons. The Labute approximate surface area is 109 Å². The second-order valence-corrected chi connectivity index (χ2v) is 6.51. The third kappa shape index (κ3) is 3.68. The van der Waals surface area contributed by atoms with Crippen molar-refractivity contribution in [3.63, 3.8) is 0 Å². The van der Waals surface area contributed by atoms with Crippen LogP contribution >= 0.6 is 11.6 Å². The Kier molecular flexibility index (Phi) is 3.74. The fourth-order valence-electron chi connectivity index (χ4n) is 2.21. The molecule has 0 bridgehead atoms. The minimum atomic E-state index is 0.406.